The number of aromatic nitrogens is 2. The highest BCUT2D eigenvalue weighted by atomic mass is 32.1. The molecule has 21 heavy (non-hydrogen) atoms. The number of nitrogens with one attached hydrogen (secondary N) is 1. The molecule has 2 rings (SSSR count). The summed E-state index contributed by atoms with van der Waals surface area (Å²) in [6.45, 7) is 6.97. The Bertz CT molecular complexity index is 586. The zero-order valence-electron chi connectivity index (χ0n) is 12.3. The summed E-state index contributed by atoms with van der Waals surface area (Å²) in [5.41, 5.74) is 1.62. The van der Waals surface area contributed by atoms with Gasteiger partial charge >= 0.3 is 0 Å². The zero-order valence-corrected chi connectivity index (χ0v) is 13.1. The van der Waals surface area contributed by atoms with Crippen LogP contribution in [0.25, 0.3) is 0 Å². The fourth-order valence-electron chi connectivity index (χ4n) is 2.33. The van der Waals surface area contributed by atoms with E-state index >= 15 is 0 Å². The van der Waals surface area contributed by atoms with Gasteiger partial charge in [-0.25, -0.2) is 9.97 Å². The van der Waals surface area contributed by atoms with Gasteiger partial charge in [0.15, 0.2) is 11.5 Å². The lowest BCUT2D eigenvalue weighted by molar-refractivity contribution is 0.228. The van der Waals surface area contributed by atoms with Gasteiger partial charge in [0.2, 0.25) is 0 Å². The summed E-state index contributed by atoms with van der Waals surface area (Å²) in [4.78, 5) is 10.6. The van der Waals surface area contributed by atoms with Crippen molar-refractivity contribution in [3.05, 3.63) is 40.5 Å². The van der Waals surface area contributed by atoms with E-state index in [0.29, 0.717) is 18.1 Å². The van der Waals surface area contributed by atoms with E-state index in [-0.39, 0.29) is 6.04 Å². The topological polar surface area (TPSA) is 64.8 Å². The number of nitrogens with zero attached hydrogens (tertiary/aromatic N) is 4. The van der Waals surface area contributed by atoms with Crippen LogP contribution in [0.4, 0.5) is 5.82 Å². The van der Waals surface area contributed by atoms with Crippen LogP contribution in [0.5, 0.6) is 0 Å². The normalized spacial score (nSPS) is 12.1. The number of likely N-dealkylation sites (N-methyl/N-ethyl adjacent to an activating group) is 1. The maximum Gasteiger partial charge on any atom is 0.182 e. The van der Waals surface area contributed by atoms with Gasteiger partial charge in [-0.05, 0) is 35.5 Å². The predicted octanol–water partition coefficient (Wildman–Crippen LogP) is 2.90. The fourth-order valence-corrected chi connectivity index (χ4v) is 3.04. The van der Waals surface area contributed by atoms with Gasteiger partial charge in [0.1, 0.15) is 6.07 Å². The molecule has 1 unspecified atom stereocenters. The monoisotopic (exact) mass is 301 g/mol. The Labute approximate surface area is 129 Å². The van der Waals surface area contributed by atoms with Crippen LogP contribution >= 0.6 is 11.3 Å². The van der Waals surface area contributed by atoms with Crippen LogP contribution in [0.15, 0.2) is 29.2 Å². The van der Waals surface area contributed by atoms with Crippen molar-refractivity contribution < 1.29 is 0 Å². The molecule has 0 radical (unpaired) electrons. The molecule has 0 aliphatic heterocycles. The Morgan fingerprint density at radius 2 is 2.10 bits per heavy atom. The van der Waals surface area contributed by atoms with Crippen molar-refractivity contribution in [3.63, 3.8) is 0 Å². The summed E-state index contributed by atoms with van der Waals surface area (Å²) in [6.07, 6.45) is 3.13. The van der Waals surface area contributed by atoms with Gasteiger partial charge < -0.3 is 5.32 Å². The Hall–Kier alpha value is -1.97. The first-order valence-electron chi connectivity index (χ1n) is 7.01. The Morgan fingerprint density at radius 3 is 2.71 bits per heavy atom. The van der Waals surface area contributed by atoms with Gasteiger partial charge in [-0.3, -0.25) is 4.90 Å². The first kappa shape index (κ1) is 15.4. The van der Waals surface area contributed by atoms with Gasteiger partial charge in [-0.2, -0.15) is 16.6 Å². The molecule has 110 valence electrons. The molecule has 0 aromatic carbocycles. The van der Waals surface area contributed by atoms with Gasteiger partial charge in [0, 0.05) is 18.9 Å². The van der Waals surface area contributed by atoms with E-state index in [4.69, 9.17) is 5.26 Å². The molecule has 2 aromatic rings. The van der Waals surface area contributed by atoms with Gasteiger partial charge in [-0.15, -0.1) is 0 Å². The van der Waals surface area contributed by atoms with Crippen molar-refractivity contribution in [1.29, 1.82) is 5.26 Å². The summed E-state index contributed by atoms with van der Waals surface area (Å²) in [5.74, 6) is 0.549. The Morgan fingerprint density at radius 1 is 1.33 bits per heavy atom. The smallest absolute Gasteiger partial charge is 0.182 e. The first-order valence-corrected chi connectivity index (χ1v) is 7.95. The average Bonchev–Trinajstić information content (AvgIpc) is 3.05. The number of hydrogen-bond donors (Lipinski definition) is 1. The highest BCUT2D eigenvalue weighted by molar-refractivity contribution is 7.07. The van der Waals surface area contributed by atoms with Gasteiger partial charge in [0.25, 0.3) is 0 Å². The summed E-state index contributed by atoms with van der Waals surface area (Å²) < 4.78 is 0. The van der Waals surface area contributed by atoms with Crippen LogP contribution in [0, 0.1) is 11.3 Å². The van der Waals surface area contributed by atoms with E-state index in [0.717, 1.165) is 13.1 Å². The molecule has 0 aliphatic rings. The molecule has 5 nitrogen and oxygen atoms in total. The molecule has 0 spiro atoms. The van der Waals surface area contributed by atoms with E-state index in [1.54, 1.807) is 17.5 Å². The third-order valence-electron chi connectivity index (χ3n) is 3.45. The minimum Gasteiger partial charge on any atom is -0.366 e. The third kappa shape index (κ3) is 3.78. The van der Waals surface area contributed by atoms with Crippen LogP contribution < -0.4 is 5.32 Å². The number of hydrogen-bond acceptors (Lipinski definition) is 6. The molecule has 0 saturated heterocycles. The molecule has 0 bridgehead atoms. The summed E-state index contributed by atoms with van der Waals surface area (Å²) in [6, 6.07) is 4.48. The lowest BCUT2D eigenvalue weighted by Gasteiger charge is -2.29. The molecule has 2 aromatic heterocycles. The number of rotatable bonds is 7. The minimum absolute atomic E-state index is 0.264. The largest absolute Gasteiger partial charge is 0.366 e. The molecule has 1 atom stereocenters. The summed E-state index contributed by atoms with van der Waals surface area (Å²) in [5, 5.41) is 16.6. The molecule has 0 fully saturated rings. The molecule has 2 heterocycles. The van der Waals surface area contributed by atoms with Crippen molar-refractivity contribution in [2.75, 3.05) is 25.0 Å². The zero-order chi connectivity index (χ0) is 15.1. The standard InChI is InChI=1S/C15H19N5S/c1-3-20(4-2)14(12-5-8-21-11-12)10-19-15-13(9-16)17-6-7-18-15/h5-8,11,14H,3-4,10H2,1-2H3,(H,18,19). The molecule has 0 saturated carbocycles. The quantitative estimate of drug-likeness (QED) is 0.852. The maximum absolute atomic E-state index is 9.07. The van der Waals surface area contributed by atoms with E-state index in [2.05, 4.69) is 56.9 Å². The fraction of sp³-hybridized carbons (Fsp3) is 0.400. The molecule has 0 aliphatic carbocycles. The van der Waals surface area contributed by atoms with Crippen molar-refractivity contribution >= 4 is 17.2 Å². The predicted molar refractivity (Wildman–Crippen MR) is 85.2 cm³/mol. The maximum atomic E-state index is 9.07. The van der Waals surface area contributed by atoms with E-state index in [9.17, 15) is 0 Å². The van der Waals surface area contributed by atoms with Crippen molar-refractivity contribution in [3.8, 4) is 6.07 Å². The first-order chi connectivity index (χ1) is 10.3. The third-order valence-corrected chi connectivity index (χ3v) is 4.15. The van der Waals surface area contributed by atoms with Crippen molar-refractivity contribution in [2.45, 2.75) is 19.9 Å². The van der Waals surface area contributed by atoms with Crippen LogP contribution in [-0.4, -0.2) is 34.5 Å². The molecule has 6 heteroatoms. The van der Waals surface area contributed by atoms with Crippen molar-refractivity contribution in [2.24, 2.45) is 0 Å². The molecule has 1 N–H and O–H groups in total. The lowest BCUT2D eigenvalue weighted by atomic mass is 10.1. The SMILES string of the molecule is CCN(CC)C(CNc1nccnc1C#N)c1ccsc1. The van der Waals surface area contributed by atoms with Crippen LogP contribution in [0.3, 0.4) is 0 Å². The number of nitriles is 1. The second kappa shape index (κ2) is 7.72. The minimum atomic E-state index is 0.264. The Kier molecular flexibility index (Phi) is 5.67. The van der Waals surface area contributed by atoms with E-state index < -0.39 is 0 Å². The number of thiophene rings is 1. The Balaban J connectivity index is 2.15. The van der Waals surface area contributed by atoms with E-state index in [1.165, 1.54) is 11.8 Å². The van der Waals surface area contributed by atoms with Crippen molar-refractivity contribution in [1.82, 2.24) is 14.9 Å². The molecule has 0 amide bonds. The van der Waals surface area contributed by atoms with Crippen LogP contribution in [0.2, 0.25) is 0 Å². The summed E-state index contributed by atoms with van der Waals surface area (Å²) in [7, 11) is 0. The molecular formula is C15H19N5S. The van der Waals surface area contributed by atoms with Gasteiger partial charge in [-0.1, -0.05) is 13.8 Å². The van der Waals surface area contributed by atoms with Crippen LogP contribution in [-0.2, 0) is 0 Å². The molecular weight excluding hydrogens is 282 g/mol. The summed E-state index contributed by atoms with van der Waals surface area (Å²) >= 11 is 1.70. The highest BCUT2D eigenvalue weighted by Gasteiger charge is 2.19. The van der Waals surface area contributed by atoms with Gasteiger partial charge in [0.05, 0.1) is 6.04 Å². The number of anilines is 1. The second-order valence-electron chi connectivity index (χ2n) is 4.54. The average molecular weight is 301 g/mol. The van der Waals surface area contributed by atoms with Crippen LogP contribution in [0.1, 0.15) is 31.1 Å². The highest BCUT2D eigenvalue weighted by Crippen LogP contribution is 2.23. The lowest BCUT2D eigenvalue weighted by Crippen LogP contribution is -2.33. The van der Waals surface area contributed by atoms with E-state index in [1.807, 2.05) is 0 Å². The second-order valence-corrected chi connectivity index (χ2v) is 5.32.